The molecule has 4 nitrogen and oxygen atoms in total. The molecule has 47 heavy (non-hydrogen) atoms. The van der Waals surface area contributed by atoms with E-state index >= 15 is 0 Å². The van der Waals surface area contributed by atoms with E-state index in [-0.39, 0.29) is 25.5 Å². The summed E-state index contributed by atoms with van der Waals surface area (Å²) >= 11 is 0. The van der Waals surface area contributed by atoms with Crippen LogP contribution in [-0.2, 0) is 26.5 Å². The number of nitrogens with zero attached hydrogens (tertiary/aromatic N) is 3. The van der Waals surface area contributed by atoms with Gasteiger partial charge in [-0.25, -0.2) is 0 Å². The van der Waals surface area contributed by atoms with E-state index in [1.807, 2.05) is 24.4 Å². The topological polar surface area (TPSA) is 51.8 Å². The Hall–Kier alpha value is -3.44. The predicted molar refractivity (Wildman–Crippen MR) is 194 cm³/mol. The van der Waals surface area contributed by atoms with Crippen LogP contribution in [0.15, 0.2) is 83.5 Å². The molecule has 0 atom stereocenters. The second kappa shape index (κ2) is 14.4. The first kappa shape index (κ1) is 34.9. The van der Waals surface area contributed by atoms with Crippen LogP contribution in [0.2, 0.25) is 19.6 Å². The van der Waals surface area contributed by atoms with E-state index < -0.39 is 8.07 Å². The smallest absolute Gasteiger partial charge is 0.141 e. The minimum Gasteiger partial charge on any atom is -0.483 e. The summed E-state index contributed by atoms with van der Waals surface area (Å²) in [4.78, 5) is 13.7. The third-order valence-electron chi connectivity index (χ3n) is 8.79. The van der Waals surface area contributed by atoms with E-state index in [9.17, 15) is 0 Å². The molecule has 2 aromatic carbocycles. The number of aromatic nitrogens is 3. The van der Waals surface area contributed by atoms with Crippen LogP contribution < -0.4 is 5.19 Å². The van der Waals surface area contributed by atoms with Gasteiger partial charge in [-0.1, -0.05) is 88.6 Å². The summed E-state index contributed by atoms with van der Waals surface area (Å²) in [6, 6.07) is 26.3. The normalized spacial score (nSPS) is 13.8. The van der Waals surface area contributed by atoms with Gasteiger partial charge in [0.05, 0.1) is 8.07 Å². The molecule has 6 heteroatoms. The number of rotatable bonds is 5. The minimum atomic E-state index is -1.34. The van der Waals surface area contributed by atoms with Crippen molar-refractivity contribution in [3.63, 3.8) is 0 Å². The Morgan fingerprint density at radius 3 is 2.34 bits per heavy atom. The molecule has 1 fully saturated rings. The number of hydrogen-bond donors (Lipinski definition) is 0. The molecule has 4 heterocycles. The Morgan fingerprint density at radius 2 is 1.64 bits per heavy atom. The van der Waals surface area contributed by atoms with E-state index in [0.29, 0.717) is 5.71 Å². The van der Waals surface area contributed by atoms with Crippen LogP contribution in [0.1, 0.15) is 69.1 Å². The second-order valence-electron chi connectivity index (χ2n) is 15.1. The summed E-state index contributed by atoms with van der Waals surface area (Å²) in [5.41, 5.74) is 9.74. The van der Waals surface area contributed by atoms with Crippen LogP contribution in [0.4, 0.5) is 0 Å². The number of fused-ring (bicyclic) bond motifs is 3. The molecule has 0 amide bonds. The number of hydrogen-bond acceptors (Lipinski definition) is 4. The monoisotopic (exact) mass is 816 g/mol. The SMILES string of the molecule is C[Si](C)(C)c1cnc(-c2[c-]cccc2)cc1C1CCCC1.Cc1ccc2c(c1)oc1n[c-]c(-c3cc(CC(C)(C)C)ccn3)cc12.[Ir]. The molecular formula is C41H45IrN3OSi-2. The second-order valence-corrected chi connectivity index (χ2v) is 20.1. The Morgan fingerprint density at radius 1 is 0.872 bits per heavy atom. The van der Waals surface area contributed by atoms with Gasteiger partial charge in [0.15, 0.2) is 0 Å². The van der Waals surface area contributed by atoms with Crippen molar-refractivity contribution in [2.75, 3.05) is 0 Å². The zero-order valence-corrected chi connectivity index (χ0v) is 32.1. The van der Waals surface area contributed by atoms with Gasteiger partial charge >= 0.3 is 0 Å². The molecule has 0 saturated heterocycles. The maximum Gasteiger partial charge on any atom is 0.141 e. The molecule has 0 N–H and O–H groups in total. The number of furan rings is 1. The Bertz CT molecular complexity index is 1970. The summed E-state index contributed by atoms with van der Waals surface area (Å²) in [6.45, 7) is 16.1. The van der Waals surface area contributed by atoms with E-state index in [4.69, 9.17) is 9.40 Å². The summed E-state index contributed by atoms with van der Waals surface area (Å²) in [6.07, 6.45) is 13.6. The summed E-state index contributed by atoms with van der Waals surface area (Å²) in [7, 11) is -1.34. The molecule has 0 bridgehead atoms. The fourth-order valence-electron chi connectivity index (χ4n) is 6.57. The van der Waals surface area contributed by atoms with Crippen molar-refractivity contribution >= 4 is 35.3 Å². The number of pyridine rings is 3. The molecular weight excluding hydrogens is 771 g/mol. The zero-order chi connectivity index (χ0) is 32.5. The predicted octanol–water partition coefficient (Wildman–Crippen LogP) is 10.5. The molecule has 6 aromatic rings. The van der Waals surface area contributed by atoms with E-state index in [1.165, 1.54) is 36.8 Å². The van der Waals surface area contributed by atoms with Crippen LogP contribution in [-0.4, -0.2) is 23.0 Å². The van der Waals surface area contributed by atoms with Gasteiger partial charge in [-0.15, -0.1) is 47.5 Å². The van der Waals surface area contributed by atoms with Crippen molar-refractivity contribution in [1.82, 2.24) is 15.0 Å². The standard InChI is InChI=1S/C22H21N2O.C19H24NSi.Ir/c1-14-5-6-17-18-11-16(13-24-21(18)25-20(17)9-14)19-10-15(7-8-23-19)12-22(2,3)4;1-21(2,3)19-14-20-18(16-11-5-4-6-12-16)13-17(19)15-9-7-8-10-15;/h5-11H,12H2,1-4H3;4-6,11,13-15H,7-10H2,1-3H3;/q2*-1;. The Labute approximate surface area is 294 Å². The van der Waals surface area contributed by atoms with Gasteiger partial charge < -0.3 is 19.4 Å². The number of benzene rings is 2. The van der Waals surface area contributed by atoms with Gasteiger partial charge in [-0.05, 0) is 83.4 Å². The molecule has 1 aliphatic rings. The van der Waals surface area contributed by atoms with Crippen molar-refractivity contribution in [2.45, 2.75) is 85.4 Å². The molecule has 7 rings (SSSR count). The van der Waals surface area contributed by atoms with Crippen molar-refractivity contribution in [2.24, 2.45) is 5.41 Å². The molecule has 1 radical (unpaired) electrons. The summed E-state index contributed by atoms with van der Waals surface area (Å²) in [5, 5.41) is 3.63. The van der Waals surface area contributed by atoms with Gasteiger partial charge in [-0.3, -0.25) is 0 Å². The Kier molecular flexibility index (Phi) is 10.7. The molecule has 0 aliphatic heterocycles. The van der Waals surface area contributed by atoms with Gasteiger partial charge in [0.2, 0.25) is 0 Å². The fourth-order valence-corrected chi connectivity index (χ4v) is 8.16. The van der Waals surface area contributed by atoms with Gasteiger partial charge in [0.25, 0.3) is 0 Å². The maximum atomic E-state index is 5.85. The fraction of sp³-hybridized carbons (Fsp3) is 0.341. The molecule has 4 aromatic heterocycles. The van der Waals surface area contributed by atoms with Crippen LogP contribution in [0.25, 0.3) is 44.6 Å². The third-order valence-corrected chi connectivity index (χ3v) is 10.8. The quantitative estimate of drug-likeness (QED) is 0.128. The van der Waals surface area contributed by atoms with Crippen LogP contribution in [0, 0.1) is 24.6 Å². The number of aryl methyl sites for hydroxylation is 1. The van der Waals surface area contributed by atoms with Crippen LogP contribution in [0.5, 0.6) is 0 Å². The van der Waals surface area contributed by atoms with E-state index in [2.05, 4.69) is 124 Å². The summed E-state index contributed by atoms with van der Waals surface area (Å²) in [5.74, 6) is 0.747. The van der Waals surface area contributed by atoms with Crippen molar-refractivity contribution in [3.05, 3.63) is 108 Å². The first-order valence-corrected chi connectivity index (χ1v) is 20.1. The average molecular weight is 816 g/mol. The first-order chi connectivity index (χ1) is 21.9. The summed E-state index contributed by atoms with van der Waals surface area (Å²) < 4.78 is 5.85. The van der Waals surface area contributed by atoms with Gasteiger partial charge in [-0.2, -0.15) is 0 Å². The molecule has 245 valence electrons. The molecule has 0 unspecified atom stereocenters. The van der Waals surface area contributed by atoms with Crippen molar-refractivity contribution < 1.29 is 24.5 Å². The van der Waals surface area contributed by atoms with Gasteiger partial charge in [0, 0.05) is 37.9 Å². The van der Waals surface area contributed by atoms with Crippen molar-refractivity contribution in [3.8, 4) is 22.5 Å². The Balaban J connectivity index is 0.000000183. The average Bonchev–Trinajstić information content (AvgIpc) is 3.68. The van der Waals surface area contributed by atoms with Crippen LogP contribution >= 0.6 is 0 Å². The molecule has 1 saturated carbocycles. The maximum absolute atomic E-state index is 5.85. The zero-order valence-electron chi connectivity index (χ0n) is 28.7. The molecule has 0 spiro atoms. The largest absolute Gasteiger partial charge is 0.483 e. The van der Waals surface area contributed by atoms with E-state index in [1.54, 1.807) is 10.8 Å². The van der Waals surface area contributed by atoms with Crippen molar-refractivity contribution in [1.29, 1.82) is 0 Å². The van der Waals surface area contributed by atoms with Crippen LogP contribution in [0.3, 0.4) is 0 Å². The van der Waals surface area contributed by atoms with E-state index in [0.717, 1.165) is 51.2 Å². The van der Waals surface area contributed by atoms with Gasteiger partial charge in [0.1, 0.15) is 11.3 Å². The first-order valence-electron chi connectivity index (χ1n) is 16.6. The third kappa shape index (κ3) is 8.35. The molecule has 1 aliphatic carbocycles. The minimum absolute atomic E-state index is 0.